The van der Waals surface area contributed by atoms with Crippen LogP contribution in [0, 0.1) is 0 Å². The van der Waals surface area contributed by atoms with Gasteiger partial charge in [-0.15, -0.1) is 0 Å². The smallest absolute Gasteiger partial charge is 0.353 e. The van der Waals surface area contributed by atoms with Crippen LogP contribution in [0.2, 0.25) is 0 Å². The maximum Gasteiger partial charge on any atom is 0.435 e. The number of rotatable bonds is 3. The van der Waals surface area contributed by atoms with Gasteiger partial charge in [-0.05, 0) is 38.2 Å². The van der Waals surface area contributed by atoms with Crippen molar-refractivity contribution in [3.8, 4) is 0 Å². The minimum atomic E-state index is -4.51. The molecule has 0 spiro atoms. The van der Waals surface area contributed by atoms with E-state index in [4.69, 9.17) is 0 Å². The van der Waals surface area contributed by atoms with E-state index in [1.54, 1.807) is 6.08 Å². The zero-order valence-electron chi connectivity index (χ0n) is 13.3. The summed E-state index contributed by atoms with van der Waals surface area (Å²) in [6.45, 7) is 0. The van der Waals surface area contributed by atoms with E-state index < -0.39 is 11.9 Å². The third-order valence-electron chi connectivity index (χ3n) is 4.34. The predicted molar refractivity (Wildman–Crippen MR) is 84.0 cm³/mol. The molecule has 1 unspecified atom stereocenters. The van der Waals surface area contributed by atoms with E-state index in [2.05, 4.69) is 10.4 Å². The van der Waals surface area contributed by atoms with Gasteiger partial charge in [0.2, 0.25) is 5.91 Å². The molecule has 3 rings (SSSR count). The molecule has 4 nitrogen and oxygen atoms in total. The topological polar surface area (TPSA) is 46.9 Å². The zero-order chi connectivity index (χ0) is 17.2. The predicted octanol–water partition coefficient (Wildman–Crippen LogP) is 3.69. The van der Waals surface area contributed by atoms with Crippen LogP contribution in [0.25, 0.3) is 5.70 Å². The summed E-state index contributed by atoms with van der Waals surface area (Å²) < 4.78 is 41.3. The highest BCUT2D eigenvalue weighted by Crippen LogP contribution is 2.33. The molecule has 1 amide bonds. The van der Waals surface area contributed by atoms with E-state index >= 15 is 0 Å². The number of nitrogens with one attached hydrogen (secondary N) is 1. The van der Waals surface area contributed by atoms with Crippen LogP contribution in [0.5, 0.6) is 0 Å². The zero-order valence-corrected chi connectivity index (χ0v) is 13.3. The second-order valence-corrected chi connectivity index (χ2v) is 6.27. The van der Waals surface area contributed by atoms with Crippen molar-refractivity contribution < 1.29 is 18.0 Å². The standard InChI is InChI=1S/C17H20F3N3O/c18-17(19,20)16-12(10-13-6-4-5-9-15(24)21-13)11-23(22-16)14-7-2-1-3-8-14/h2,7-8,11,13H,1,3-6,9-10H2,(H,21,24). The molecule has 7 heteroatoms. The average molecular weight is 339 g/mol. The number of carbonyl (C=O) groups excluding carboxylic acids is 1. The molecule has 130 valence electrons. The summed E-state index contributed by atoms with van der Waals surface area (Å²) in [6.07, 6.45) is 7.12. The number of amides is 1. The fourth-order valence-corrected chi connectivity index (χ4v) is 3.17. The number of hydrogen-bond acceptors (Lipinski definition) is 2. The molecule has 2 aliphatic rings. The summed E-state index contributed by atoms with van der Waals surface area (Å²) in [5.74, 6) is -0.0867. The maximum absolute atomic E-state index is 13.3. The summed E-state index contributed by atoms with van der Waals surface area (Å²) in [7, 11) is 0. The molecular formula is C17H20F3N3O. The largest absolute Gasteiger partial charge is 0.435 e. The minimum Gasteiger partial charge on any atom is -0.353 e. The summed E-state index contributed by atoms with van der Waals surface area (Å²) in [5, 5.41) is 6.60. The second kappa shape index (κ2) is 6.83. The van der Waals surface area contributed by atoms with Crippen molar-refractivity contribution in [3.05, 3.63) is 35.7 Å². The number of allylic oxidation sites excluding steroid dienone is 4. The molecule has 24 heavy (non-hydrogen) atoms. The van der Waals surface area contributed by atoms with Crippen LogP contribution >= 0.6 is 0 Å². The summed E-state index contributed by atoms with van der Waals surface area (Å²) in [4.78, 5) is 11.6. The van der Waals surface area contributed by atoms with Gasteiger partial charge in [0.25, 0.3) is 0 Å². The summed E-state index contributed by atoms with van der Waals surface area (Å²) in [6, 6.07) is -0.269. The molecule has 1 aromatic rings. The highest BCUT2D eigenvalue weighted by atomic mass is 19.4. The first-order valence-corrected chi connectivity index (χ1v) is 8.25. The van der Waals surface area contributed by atoms with Gasteiger partial charge in [0.15, 0.2) is 5.69 Å². The van der Waals surface area contributed by atoms with Gasteiger partial charge < -0.3 is 5.32 Å². The lowest BCUT2D eigenvalue weighted by atomic mass is 10.0. The Morgan fingerprint density at radius 1 is 1.29 bits per heavy atom. The summed E-state index contributed by atoms with van der Waals surface area (Å²) in [5.41, 5.74) is -0.0710. The molecule has 0 saturated carbocycles. The van der Waals surface area contributed by atoms with Crippen molar-refractivity contribution in [1.29, 1.82) is 0 Å². The van der Waals surface area contributed by atoms with E-state index in [-0.39, 0.29) is 23.9 Å². The number of hydrogen-bond donors (Lipinski definition) is 1. The lowest BCUT2D eigenvalue weighted by Crippen LogP contribution is -2.34. The van der Waals surface area contributed by atoms with Gasteiger partial charge in [-0.3, -0.25) is 4.79 Å². The molecule has 1 N–H and O–H groups in total. The second-order valence-electron chi connectivity index (χ2n) is 6.27. The Labute approximate surface area is 138 Å². The van der Waals surface area contributed by atoms with Crippen molar-refractivity contribution in [2.45, 2.75) is 57.2 Å². The first kappa shape index (κ1) is 16.8. The molecule has 0 aromatic carbocycles. The van der Waals surface area contributed by atoms with Gasteiger partial charge in [-0.1, -0.05) is 18.6 Å². The van der Waals surface area contributed by atoms with Gasteiger partial charge in [0, 0.05) is 24.2 Å². The Morgan fingerprint density at radius 2 is 2.12 bits per heavy atom. The molecule has 0 bridgehead atoms. The number of carbonyl (C=O) groups is 1. The highest BCUT2D eigenvalue weighted by Gasteiger charge is 2.38. The van der Waals surface area contributed by atoms with E-state index in [0.29, 0.717) is 18.5 Å². The van der Waals surface area contributed by atoms with Crippen LogP contribution in [0.4, 0.5) is 13.2 Å². The quantitative estimate of drug-likeness (QED) is 0.913. The van der Waals surface area contributed by atoms with Crippen LogP contribution in [0.3, 0.4) is 0 Å². The van der Waals surface area contributed by atoms with Gasteiger partial charge in [0.1, 0.15) is 0 Å². The summed E-state index contributed by atoms with van der Waals surface area (Å²) >= 11 is 0. The minimum absolute atomic E-state index is 0.0867. The van der Waals surface area contributed by atoms with Crippen molar-refractivity contribution in [1.82, 2.24) is 15.1 Å². The third kappa shape index (κ3) is 3.88. The van der Waals surface area contributed by atoms with Gasteiger partial charge in [0.05, 0.1) is 5.70 Å². The normalized spacial score (nSPS) is 22.0. The Bertz CT molecular complexity index is 673. The van der Waals surface area contributed by atoms with Crippen LogP contribution in [-0.4, -0.2) is 21.7 Å². The van der Waals surface area contributed by atoms with Crippen molar-refractivity contribution in [2.24, 2.45) is 0 Å². The molecule has 1 atom stereocenters. The molecule has 2 heterocycles. The molecule has 0 radical (unpaired) electrons. The molecular weight excluding hydrogens is 319 g/mol. The Morgan fingerprint density at radius 3 is 2.83 bits per heavy atom. The van der Waals surface area contributed by atoms with Crippen LogP contribution in [-0.2, 0) is 17.4 Å². The SMILES string of the molecule is O=C1CCCCC(Cc2cn(C3=CCCC=C3)nc2C(F)(F)F)N1. The van der Waals surface area contributed by atoms with Crippen LogP contribution < -0.4 is 5.32 Å². The number of halogens is 3. The lowest BCUT2D eigenvalue weighted by Gasteiger charge is -2.16. The van der Waals surface area contributed by atoms with E-state index in [1.165, 1.54) is 10.9 Å². The Balaban J connectivity index is 1.87. The van der Waals surface area contributed by atoms with Gasteiger partial charge >= 0.3 is 6.18 Å². The highest BCUT2D eigenvalue weighted by molar-refractivity contribution is 5.76. The third-order valence-corrected chi connectivity index (χ3v) is 4.34. The number of alkyl halides is 3. The lowest BCUT2D eigenvalue weighted by molar-refractivity contribution is -0.142. The van der Waals surface area contributed by atoms with Gasteiger partial charge in [-0.2, -0.15) is 18.3 Å². The van der Waals surface area contributed by atoms with Gasteiger partial charge in [-0.25, -0.2) is 4.68 Å². The fourth-order valence-electron chi connectivity index (χ4n) is 3.17. The fraction of sp³-hybridized carbons (Fsp3) is 0.529. The first-order chi connectivity index (χ1) is 11.4. The molecule has 1 aliphatic carbocycles. The molecule has 1 aliphatic heterocycles. The molecule has 1 aromatic heterocycles. The molecule has 1 saturated heterocycles. The number of aromatic nitrogens is 2. The average Bonchev–Trinajstić information content (AvgIpc) is 2.85. The van der Waals surface area contributed by atoms with E-state index in [0.717, 1.165) is 25.7 Å². The Kier molecular flexibility index (Phi) is 4.78. The maximum atomic E-state index is 13.3. The van der Waals surface area contributed by atoms with Crippen molar-refractivity contribution in [2.75, 3.05) is 0 Å². The monoisotopic (exact) mass is 339 g/mol. The molecule has 1 fully saturated rings. The van der Waals surface area contributed by atoms with E-state index in [1.807, 2.05) is 12.2 Å². The van der Waals surface area contributed by atoms with Crippen LogP contribution in [0.15, 0.2) is 24.4 Å². The van der Waals surface area contributed by atoms with E-state index in [9.17, 15) is 18.0 Å². The van der Waals surface area contributed by atoms with Crippen molar-refractivity contribution >= 4 is 11.6 Å². The van der Waals surface area contributed by atoms with Crippen LogP contribution in [0.1, 0.15) is 49.8 Å². The number of nitrogens with zero attached hydrogens (tertiary/aromatic N) is 2. The van der Waals surface area contributed by atoms with Crippen molar-refractivity contribution in [3.63, 3.8) is 0 Å². The Hall–Kier alpha value is -2.05. The first-order valence-electron chi connectivity index (χ1n) is 8.25.